The average Bonchev–Trinajstić information content (AvgIpc) is 2.55. The van der Waals surface area contributed by atoms with Crippen molar-refractivity contribution in [1.29, 1.82) is 0 Å². The van der Waals surface area contributed by atoms with Crippen molar-refractivity contribution in [3.05, 3.63) is 29.1 Å². The number of aromatic nitrogens is 2. The number of hydrogen-bond donors (Lipinski definition) is 2. The number of nitrogens with zero attached hydrogens (tertiary/aromatic N) is 1. The maximum atomic E-state index is 5.59. The van der Waals surface area contributed by atoms with Crippen molar-refractivity contribution in [3.63, 3.8) is 0 Å². The Morgan fingerprint density at radius 3 is 2.92 bits per heavy atom. The number of pyridine rings is 1. The molecule has 0 aliphatic rings. The van der Waals surface area contributed by atoms with Gasteiger partial charge in [-0.15, -0.1) is 0 Å². The first kappa shape index (κ1) is 8.26. The molecule has 13 heavy (non-hydrogen) atoms. The third-order valence-electron chi connectivity index (χ3n) is 2.51. The van der Waals surface area contributed by atoms with E-state index in [1.807, 2.05) is 12.4 Å². The number of H-pyrrole nitrogens is 1. The first-order valence-electron chi connectivity index (χ1n) is 4.36. The molecule has 2 rings (SSSR count). The van der Waals surface area contributed by atoms with E-state index in [4.69, 9.17) is 5.73 Å². The Kier molecular flexibility index (Phi) is 1.81. The highest BCUT2D eigenvalue weighted by Crippen LogP contribution is 2.20. The lowest BCUT2D eigenvalue weighted by atomic mass is 10.1. The van der Waals surface area contributed by atoms with Crippen LogP contribution < -0.4 is 5.73 Å². The van der Waals surface area contributed by atoms with Crippen molar-refractivity contribution < 1.29 is 0 Å². The van der Waals surface area contributed by atoms with E-state index in [2.05, 4.69) is 23.8 Å². The highest BCUT2D eigenvalue weighted by molar-refractivity contribution is 5.82. The molecular formula is C10H13N3. The Labute approximate surface area is 77.0 Å². The zero-order chi connectivity index (χ0) is 9.42. The van der Waals surface area contributed by atoms with Gasteiger partial charge in [0.25, 0.3) is 0 Å². The minimum atomic E-state index is 0.537. The fraction of sp³-hybridized carbons (Fsp3) is 0.300. The molecule has 0 amide bonds. The van der Waals surface area contributed by atoms with Crippen LogP contribution in [0.3, 0.4) is 0 Å². The number of hydrogen-bond acceptors (Lipinski definition) is 2. The largest absolute Gasteiger partial charge is 0.359 e. The van der Waals surface area contributed by atoms with Crippen molar-refractivity contribution in [2.45, 2.75) is 20.4 Å². The molecule has 3 nitrogen and oxygen atoms in total. The quantitative estimate of drug-likeness (QED) is 0.692. The highest BCUT2D eigenvalue weighted by atomic mass is 14.8. The van der Waals surface area contributed by atoms with E-state index in [0.717, 1.165) is 16.6 Å². The normalized spacial score (nSPS) is 11.0. The SMILES string of the molecule is Cc1cnc2c(CN)c[nH]c2c1C. The van der Waals surface area contributed by atoms with Gasteiger partial charge in [-0.25, -0.2) is 0 Å². The van der Waals surface area contributed by atoms with Crippen molar-refractivity contribution in [3.8, 4) is 0 Å². The van der Waals surface area contributed by atoms with Crippen LogP contribution in [0.5, 0.6) is 0 Å². The molecule has 0 aliphatic heterocycles. The Balaban J connectivity index is 2.81. The predicted molar refractivity (Wildman–Crippen MR) is 53.5 cm³/mol. The van der Waals surface area contributed by atoms with E-state index < -0.39 is 0 Å². The smallest absolute Gasteiger partial charge is 0.0926 e. The summed E-state index contributed by atoms with van der Waals surface area (Å²) in [5, 5.41) is 0. The summed E-state index contributed by atoms with van der Waals surface area (Å²) in [7, 11) is 0. The van der Waals surface area contributed by atoms with Gasteiger partial charge in [-0.2, -0.15) is 0 Å². The molecule has 68 valence electrons. The molecule has 0 spiro atoms. The molecule has 0 saturated carbocycles. The summed E-state index contributed by atoms with van der Waals surface area (Å²) in [5.41, 5.74) is 11.2. The summed E-state index contributed by atoms with van der Waals surface area (Å²) >= 11 is 0. The minimum Gasteiger partial charge on any atom is -0.359 e. The zero-order valence-electron chi connectivity index (χ0n) is 7.89. The van der Waals surface area contributed by atoms with Crippen LogP contribution in [0, 0.1) is 13.8 Å². The van der Waals surface area contributed by atoms with E-state index in [0.29, 0.717) is 6.54 Å². The lowest BCUT2D eigenvalue weighted by molar-refractivity contribution is 1.08. The molecule has 0 aliphatic carbocycles. The summed E-state index contributed by atoms with van der Waals surface area (Å²) in [6.07, 6.45) is 3.83. The summed E-state index contributed by atoms with van der Waals surface area (Å²) in [6.45, 7) is 4.69. The molecule has 0 atom stereocenters. The highest BCUT2D eigenvalue weighted by Gasteiger charge is 2.06. The molecule has 0 saturated heterocycles. The fourth-order valence-electron chi connectivity index (χ4n) is 1.50. The first-order chi connectivity index (χ1) is 6.24. The Hall–Kier alpha value is -1.35. The third kappa shape index (κ3) is 1.12. The second-order valence-electron chi connectivity index (χ2n) is 3.31. The van der Waals surface area contributed by atoms with Crippen LogP contribution in [0.15, 0.2) is 12.4 Å². The van der Waals surface area contributed by atoms with Crippen LogP contribution in [-0.2, 0) is 6.54 Å². The summed E-state index contributed by atoms with van der Waals surface area (Å²) in [4.78, 5) is 7.57. The van der Waals surface area contributed by atoms with Gasteiger partial charge in [-0.05, 0) is 25.0 Å². The Morgan fingerprint density at radius 1 is 1.46 bits per heavy atom. The number of fused-ring (bicyclic) bond motifs is 1. The molecule has 2 aromatic rings. The summed E-state index contributed by atoms with van der Waals surface area (Å²) in [6, 6.07) is 0. The van der Waals surface area contributed by atoms with Gasteiger partial charge in [-0.3, -0.25) is 4.98 Å². The number of nitrogens with two attached hydrogens (primary N) is 1. The van der Waals surface area contributed by atoms with Gasteiger partial charge in [0.2, 0.25) is 0 Å². The fourth-order valence-corrected chi connectivity index (χ4v) is 1.50. The monoisotopic (exact) mass is 175 g/mol. The molecule has 3 heteroatoms. The Morgan fingerprint density at radius 2 is 2.23 bits per heavy atom. The second-order valence-corrected chi connectivity index (χ2v) is 3.31. The molecule has 0 radical (unpaired) electrons. The van der Waals surface area contributed by atoms with Gasteiger partial charge in [0.15, 0.2) is 0 Å². The molecule has 3 N–H and O–H groups in total. The Bertz CT molecular complexity index is 443. The van der Waals surface area contributed by atoms with Gasteiger partial charge in [0.1, 0.15) is 0 Å². The van der Waals surface area contributed by atoms with Gasteiger partial charge >= 0.3 is 0 Å². The van der Waals surface area contributed by atoms with E-state index in [1.54, 1.807) is 0 Å². The minimum absolute atomic E-state index is 0.537. The maximum absolute atomic E-state index is 5.59. The van der Waals surface area contributed by atoms with E-state index in [-0.39, 0.29) is 0 Å². The average molecular weight is 175 g/mol. The van der Waals surface area contributed by atoms with Crippen LogP contribution >= 0.6 is 0 Å². The predicted octanol–water partition coefficient (Wildman–Crippen LogP) is 1.64. The lowest BCUT2D eigenvalue weighted by Crippen LogP contribution is -1.95. The first-order valence-corrected chi connectivity index (χ1v) is 4.36. The summed E-state index contributed by atoms with van der Waals surface area (Å²) < 4.78 is 0. The molecular weight excluding hydrogens is 162 g/mol. The van der Waals surface area contributed by atoms with Crippen LogP contribution in [0.2, 0.25) is 0 Å². The topological polar surface area (TPSA) is 54.7 Å². The standard InChI is InChI=1S/C10H13N3/c1-6-4-12-10-8(3-11)5-13-9(10)7(6)2/h4-5,13H,3,11H2,1-2H3. The molecule has 0 aromatic carbocycles. The van der Waals surface area contributed by atoms with Crippen molar-refractivity contribution in [1.82, 2.24) is 9.97 Å². The van der Waals surface area contributed by atoms with Crippen LogP contribution in [0.25, 0.3) is 11.0 Å². The third-order valence-corrected chi connectivity index (χ3v) is 2.51. The lowest BCUT2D eigenvalue weighted by Gasteiger charge is -2.00. The van der Waals surface area contributed by atoms with Crippen LogP contribution in [0.4, 0.5) is 0 Å². The number of rotatable bonds is 1. The van der Waals surface area contributed by atoms with Gasteiger partial charge in [-0.1, -0.05) is 0 Å². The molecule has 0 fully saturated rings. The zero-order valence-corrected chi connectivity index (χ0v) is 7.89. The number of aryl methyl sites for hydroxylation is 2. The van der Waals surface area contributed by atoms with Crippen molar-refractivity contribution in [2.24, 2.45) is 5.73 Å². The van der Waals surface area contributed by atoms with E-state index in [9.17, 15) is 0 Å². The molecule has 2 heterocycles. The van der Waals surface area contributed by atoms with E-state index in [1.165, 1.54) is 11.1 Å². The number of nitrogens with one attached hydrogen (secondary N) is 1. The molecule has 2 aromatic heterocycles. The molecule has 0 bridgehead atoms. The van der Waals surface area contributed by atoms with Gasteiger partial charge in [0.05, 0.1) is 11.0 Å². The van der Waals surface area contributed by atoms with E-state index >= 15 is 0 Å². The molecule has 0 unspecified atom stereocenters. The second kappa shape index (κ2) is 2.85. The van der Waals surface area contributed by atoms with Crippen molar-refractivity contribution >= 4 is 11.0 Å². The van der Waals surface area contributed by atoms with Gasteiger partial charge < -0.3 is 10.7 Å². The van der Waals surface area contributed by atoms with Gasteiger partial charge in [0, 0.05) is 24.5 Å². The van der Waals surface area contributed by atoms with Crippen molar-refractivity contribution in [2.75, 3.05) is 0 Å². The van der Waals surface area contributed by atoms with Crippen LogP contribution in [0.1, 0.15) is 16.7 Å². The maximum Gasteiger partial charge on any atom is 0.0926 e. The van der Waals surface area contributed by atoms with Crippen LogP contribution in [-0.4, -0.2) is 9.97 Å². The number of aromatic amines is 1. The summed E-state index contributed by atoms with van der Waals surface area (Å²) in [5.74, 6) is 0.